The van der Waals surface area contributed by atoms with Crippen LogP contribution in [-0.2, 0) is 11.8 Å². The number of nitrogens with zero attached hydrogens (tertiary/aromatic N) is 1. The third-order valence-corrected chi connectivity index (χ3v) is 3.25. The SMILES string of the molecule is CCCc1ccc(C(=O)Nc2cc(C(C)(C)C)on2)cc1. The first-order valence-corrected chi connectivity index (χ1v) is 7.27. The number of nitrogens with one attached hydrogen (secondary N) is 1. The lowest BCUT2D eigenvalue weighted by Crippen LogP contribution is -2.12. The predicted molar refractivity (Wildman–Crippen MR) is 83.6 cm³/mol. The summed E-state index contributed by atoms with van der Waals surface area (Å²) in [6.45, 7) is 8.24. The van der Waals surface area contributed by atoms with Gasteiger partial charge in [-0.15, -0.1) is 0 Å². The molecule has 1 heterocycles. The minimum absolute atomic E-state index is 0.127. The van der Waals surface area contributed by atoms with Gasteiger partial charge in [0.05, 0.1) is 0 Å². The number of hydrogen-bond donors (Lipinski definition) is 1. The van der Waals surface area contributed by atoms with Crippen molar-refractivity contribution in [1.29, 1.82) is 0 Å². The molecule has 4 nitrogen and oxygen atoms in total. The van der Waals surface area contributed by atoms with Gasteiger partial charge in [-0.3, -0.25) is 4.79 Å². The van der Waals surface area contributed by atoms with Crippen LogP contribution in [0, 0.1) is 0 Å². The van der Waals surface area contributed by atoms with Crippen LogP contribution in [0.1, 0.15) is 55.8 Å². The van der Waals surface area contributed by atoms with Gasteiger partial charge in [0.15, 0.2) is 5.82 Å². The molecule has 0 atom stereocenters. The first-order valence-electron chi connectivity index (χ1n) is 7.27. The standard InChI is InChI=1S/C17H22N2O2/c1-5-6-12-7-9-13(10-8-12)16(20)18-15-11-14(21-19-15)17(2,3)4/h7-11H,5-6H2,1-4H3,(H,18,19,20). The molecule has 21 heavy (non-hydrogen) atoms. The summed E-state index contributed by atoms with van der Waals surface area (Å²) in [5, 5.41) is 6.65. The van der Waals surface area contributed by atoms with Crippen LogP contribution in [0.15, 0.2) is 34.9 Å². The fourth-order valence-electron chi connectivity index (χ4n) is 1.99. The van der Waals surface area contributed by atoms with Crippen LogP contribution in [0.2, 0.25) is 0 Å². The maximum absolute atomic E-state index is 12.1. The number of hydrogen-bond acceptors (Lipinski definition) is 3. The van der Waals surface area contributed by atoms with Crippen LogP contribution in [0.3, 0.4) is 0 Å². The lowest BCUT2D eigenvalue weighted by atomic mass is 9.93. The van der Waals surface area contributed by atoms with E-state index in [-0.39, 0.29) is 11.3 Å². The quantitative estimate of drug-likeness (QED) is 0.917. The van der Waals surface area contributed by atoms with E-state index < -0.39 is 0 Å². The highest BCUT2D eigenvalue weighted by Gasteiger charge is 2.20. The minimum Gasteiger partial charge on any atom is -0.359 e. The summed E-state index contributed by atoms with van der Waals surface area (Å²) in [6, 6.07) is 9.42. The maximum atomic E-state index is 12.1. The molecule has 0 spiro atoms. The van der Waals surface area contributed by atoms with Crippen LogP contribution < -0.4 is 5.32 Å². The van der Waals surface area contributed by atoms with E-state index in [0.717, 1.165) is 18.6 Å². The summed E-state index contributed by atoms with van der Waals surface area (Å²) in [5.41, 5.74) is 1.73. The molecule has 2 aromatic rings. The highest BCUT2D eigenvalue weighted by molar-refractivity contribution is 6.03. The Hall–Kier alpha value is -2.10. The van der Waals surface area contributed by atoms with E-state index in [9.17, 15) is 4.79 Å². The highest BCUT2D eigenvalue weighted by Crippen LogP contribution is 2.24. The Morgan fingerprint density at radius 3 is 2.43 bits per heavy atom. The van der Waals surface area contributed by atoms with Crippen molar-refractivity contribution in [2.24, 2.45) is 0 Å². The van der Waals surface area contributed by atoms with Gasteiger partial charge in [-0.2, -0.15) is 0 Å². The number of benzene rings is 1. The minimum atomic E-state index is -0.174. The first-order chi connectivity index (χ1) is 9.90. The molecule has 0 aliphatic rings. The van der Waals surface area contributed by atoms with E-state index in [2.05, 4.69) is 17.4 Å². The average Bonchev–Trinajstić information content (AvgIpc) is 2.88. The van der Waals surface area contributed by atoms with Crippen molar-refractivity contribution in [3.8, 4) is 0 Å². The Morgan fingerprint density at radius 1 is 1.24 bits per heavy atom. The van der Waals surface area contributed by atoms with Crippen molar-refractivity contribution < 1.29 is 9.32 Å². The van der Waals surface area contributed by atoms with Crippen LogP contribution in [-0.4, -0.2) is 11.1 Å². The third-order valence-electron chi connectivity index (χ3n) is 3.25. The van der Waals surface area contributed by atoms with E-state index in [1.54, 1.807) is 6.07 Å². The summed E-state index contributed by atoms with van der Waals surface area (Å²) in [6.07, 6.45) is 2.13. The van der Waals surface area contributed by atoms with Crippen LogP contribution in [0.5, 0.6) is 0 Å². The molecule has 0 fully saturated rings. The van der Waals surface area contributed by atoms with Gasteiger partial charge in [0.1, 0.15) is 5.76 Å². The second-order valence-corrected chi connectivity index (χ2v) is 6.23. The molecule has 1 aromatic heterocycles. The second kappa shape index (κ2) is 6.12. The lowest BCUT2D eigenvalue weighted by Gasteiger charge is -2.12. The Morgan fingerprint density at radius 2 is 1.90 bits per heavy atom. The van der Waals surface area contributed by atoms with E-state index in [1.165, 1.54) is 5.56 Å². The van der Waals surface area contributed by atoms with Crippen molar-refractivity contribution >= 4 is 11.7 Å². The molecule has 0 aliphatic heterocycles. The molecule has 0 bridgehead atoms. The van der Waals surface area contributed by atoms with E-state index >= 15 is 0 Å². The Balaban J connectivity index is 2.05. The predicted octanol–water partition coefficient (Wildman–Crippen LogP) is 4.18. The van der Waals surface area contributed by atoms with Crippen molar-refractivity contribution in [3.63, 3.8) is 0 Å². The smallest absolute Gasteiger partial charge is 0.256 e. The number of anilines is 1. The summed E-state index contributed by atoms with van der Waals surface area (Å²) in [4.78, 5) is 12.1. The summed E-state index contributed by atoms with van der Waals surface area (Å²) in [5.74, 6) is 1.02. The largest absolute Gasteiger partial charge is 0.359 e. The molecule has 0 saturated carbocycles. The van der Waals surface area contributed by atoms with E-state index in [1.807, 2.05) is 45.0 Å². The van der Waals surface area contributed by atoms with Gasteiger partial charge < -0.3 is 9.84 Å². The van der Waals surface area contributed by atoms with Gasteiger partial charge in [0.2, 0.25) is 0 Å². The van der Waals surface area contributed by atoms with E-state index in [0.29, 0.717) is 11.4 Å². The Kier molecular flexibility index (Phi) is 4.46. The summed E-state index contributed by atoms with van der Waals surface area (Å²) >= 11 is 0. The first kappa shape index (κ1) is 15.3. The van der Waals surface area contributed by atoms with Crippen molar-refractivity contribution in [2.75, 3.05) is 5.32 Å². The van der Waals surface area contributed by atoms with Crippen LogP contribution in [0.4, 0.5) is 5.82 Å². The fourth-order valence-corrected chi connectivity index (χ4v) is 1.99. The highest BCUT2D eigenvalue weighted by atomic mass is 16.5. The fraction of sp³-hybridized carbons (Fsp3) is 0.412. The molecule has 4 heteroatoms. The monoisotopic (exact) mass is 286 g/mol. The molecule has 0 aliphatic carbocycles. The van der Waals surface area contributed by atoms with Crippen molar-refractivity contribution in [3.05, 3.63) is 47.2 Å². The topological polar surface area (TPSA) is 55.1 Å². The lowest BCUT2D eigenvalue weighted by molar-refractivity contribution is 0.102. The second-order valence-electron chi connectivity index (χ2n) is 6.23. The maximum Gasteiger partial charge on any atom is 0.256 e. The van der Waals surface area contributed by atoms with Gasteiger partial charge in [0, 0.05) is 17.0 Å². The molecule has 0 saturated heterocycles. The Labute approximate surface area is 125 Å². The average molecular weight is 286 g/mol. The zero-order valence-electron chi connectivity index (χ0n) is 13.1. The molecule has 0 unspecified atom stereocenters. The molecule has 0 radical (unpaired) electrons. The van der Waals surface area contributed by atoms with Gasteiger partial charge in [0.25, 0.3) is 5.91 Å². The molecule has 2 rings (SSSR count). The third kappa shape index (κ3) is 3.94. The number of rotatable bonds is 4. The number of aromatic nitrogens is 1. The summed E-state index contributed by atoms with van der Waals surface area (Å²) in [7, 11) is 0. The molecular formula is C17H22N2O2. The van der Waals surface area contributed by atoms with Crippen LogP contribution in [0.25, 0.3) is 0 Å². The van der Waals surface area contributed by atoms with Gasteiger partial charge in [-0.25, -0.2) is 0 Å². The number of amides is 1. The molecule has 1 aromatic carbocycles. The van der Waals surface area contributed by atoms with Crippen LogP contribution >= 0.6 is 0 Å². The van der Waals surface area contributed by atoms with Gasteiger partial charge in [-0.05, 0) is 24.1 Å². The Bertz CT molecular complexity index is 606. The van der Waals surface area contributed by atoms with Crippen molar-refractivity contribution in [1.82, 2.24) is 5.16 Å². The molecule has 1 amide bonds. The van der Waals surface area contributed by atoms with Gasteiger partial charge in [-0.1, -0.05) is 51.4 Å². The summed E-state index contributed by atoms with van der Waals surface area (Å²) < 4.78 is 5.25. The molecule has 112 valence electrons. The zero-order valence-corrected chi connectivity index (χ0v) is 13.1. The van der Waals surface area contributed by atoms with E-state index in [4.69, 9.17) is 4.52 Å². The molecular weight excluding hydrogens is 264 g/mol. The van der Waals surface area contributed by atoms with Crippen molar-refractivity contribution in [2.45, 2.75) is 46.0 Å². The number of carbonyl (C=O) groups excluding carboxylic acids is 1. The van der Waals surface area contributed by atoms with Gasteiger partial charge >= 0.3 is 0 Å². The molecule has 1 N–H and O–H groups in total. The number of aryl methyl sites for hydroxylation is 1. The zero-order chi connectivity index (χ0) is 15.5. The normalized spacial score (nSPS) is 11.4. The number of carbonyl (C=O) groups is 1.